The van der Waals surface area contributed by atoms with E-state index in [0.29, 0.717) is 4.70 Å². The minimum absolute atomic E-state index is 0.0681. The first-order valence-corrected chi connectivity index (χ1v) is 10.8. The number of amides is 1. The molecular formula is C18H15F2N3O4S2. The first-order chi connectivity index (χ1) is 13.8. The fourth-order valence-corrected chi connectivity index (χ4v) is 5.03. The number of rotatable bonds is 6. The topological polar surface area (TPSA) is 97.4 Å². The summed E-state index contributed by atoms with van der Waals surface area (Å²) in [7, 11) is -2.51. The number of carbonyl (C=O) groups excluding carboxylic acids is 1. The van der Waals surface area contributed by atoms with Gasteiger partial charge in [-0.2, -0.15) is 0 Å². The van der Waals surface area contributed by atoms with E-state index in [1.54, 1.807) is 0 Å². The van der Waals surface area contributed by atoms with Crippen molar-refractivity contribution in [1.82, 2.24) is 9.71 Å². The van der Waals surface area contributed by atoms with Crippen LogP contribution in [0.2, 0.25) is 0 Å². The highest BCUT2D eigenvalue weighted by molar-refractivity contribution is 7.89. The molecule has 1 aromatic heterocycles. The van der Waals surface area contributed by atoms with Crippen molar-refractivity contribution in [1.29, 1.82) is 0 Å². The maximum atomic E-state index is 13.3. The summed E-state index contributed by atoms with van der Waals surface area (Å²) in [4.78, 5) is 16.5. The summed E-state index contributed by atoms with van der Waals surface area (Å²) in [6, 6.07) is 5.85. The van der Waals surface area contributed by atoms with Crippen LogP contribution in [-0.2, 0) is 10.0 Å². The third-order valence-electron chi connectivity index (χ3n) is 4.27. The lowest BCUT2D eigenvalue weighted by atomic mass is 10.2. The largest absolute Gasteiger partial charge is 0.495 e. The van der Waals surface area contributed by atoms with E-state index in [4.69, 9.17) is 4.74 Å². The van der Waals surface area contributed by atoms with Gasteiger partial charge < -0.3 is 4.74 Å². The molecule has 0 atom stereocenters. The zero-order valence-electron chi connectivity index (χ0n) is 15.0. The Morgan fingerprint density at radius 3 is 2.62 bits per heavy atom. The van der Waals surface area contributed by atoms with E-state index in [1.165, 1.54) is 25.3 Å². The van der Waals surface area contributed by atoms with Gasteiger partial charge in [0.2, 0.25) is 10.0 Å². The van der Waals surface area contributed by atoms with Crippen molar-refractivity contribution >= 4 is 42.6 Å². The molecule has 2 aromatic carbocycles. The molecule has 1 amide bonds. The SMILES string of the molecule is COc1ccc(C(=O)Nc2nc3cc(F)c(F)cc3s2)cc1S(=O)(=O)NC1CC1. The molecule has 0 radical (unpaired) electrons. The number of nitrogens with zero attached hydrogens (tertiary/aromatic N) is 1. The Bertz CT molecular complexity index is 1180. The molecule has 1 heterocycles. The molecule has 3 aromatic rings. The zero-order chi connectivity index (χ0) is 20.8. The van der Waals surface area contributed by atoms with Crippen LogP contribution in [0.1, 0.15) is 23.2 Å². The van der Waals surface area contributed by atoms with Gasteiger partial charge in [0.15, 0.2) is 16.8 Å². The molecule has 0 aliphatic heterocycles. The number of nitrogens with one attached hydrogen (secondary N) is 2. The predicted octanol–water partition coefficient (Wildman–Crippen LogP) is 3.28. The van der Waals surface area contributed by atoms with Gasteiger partial charge in [-0.1, -0.05) is 11.3 Å². The van der Waals surface area contributed by atoms with E-state index in [9.17, 15) is 22.0 Å². The van der Waals surface area contributed by atoms with Crippen LogP contribution in [0.15, 0.2) is 35.2 Å². The average Bonchev–Trinajstić information content (AvgIpc) is 3.40. The Balaban J connectivity index is 1.62. The lowest BCUT2D eigenvalue weighted by Gasteiger charge is -2.12. The number of ether oxygens (including phenoxy) is 1. The molecular weight excluding hydrogens is 424 g/mol. The van der Waals surface area contributed by atoms with E-state index >= 15 is 0 Å². The second kappa shape index (κ2) is 7.32. The molecule has 4 rings (SSSR count). The molecule has 1 aliphatic carbocycles. The number of thiazole rings is 1. The number of anilines is 1. The van der Waals surface area contributed by atoms with Crippen molar-refractivity contribution in [3.05, 3.63) is 47.5 Å². The summed E-state index contributed by atoms with van der Waals surface area (Å²) < 4.78 is 59.9. The average molecular weight is 439 g/mol. The van der Waals surface area contributed by atoms with Crippen molar-refractivity contribution in [3.8, 4) is 5.75 Å². The van der Waals surface area contributed by atoms with Crippen LogP contribution in [0, 0.1) is 11.6 Å². The lowest BCUT2D eigenvalue weighted by Crippen LogP contribution is -2.26. The maximum absolute atomic E-state index is 13.3. The number of hydrogen-bond acceptors (Lipinski definition) is 6. The van der Waals surface area contributed by atoms with Crippen LogP contribution in [0.5, 0.6) is 5.75 Å². The second-order valence-electron chi connectivity index (χ2n) is 6.47. The smallest absolute Gasteiger partial charge is 0.257 e. The summed E-state index contributed by atoms with van der Waals surface area (Å²) in [5.74, 6) is -2.54. The Hall–Kier alpha value is -2.63. The van der Waals surface area contributed by atoms with Gasteiger partial charge in [-0.25, -0.2) is 26.9 Å². The van der Waals surface area contributed by atoms with Crippen LogP contribution in [0.3, 0.4) is 0 Å². The zero-order valence-corrected chi connectivity index (χ0v) is 16.7. The predicted molar refractivity (Wildman–Crippen MR) is 104 cm³/mol. The second-order valence-corrected chi connectivity index (χ2v) is 9.18. The van der Waals surface area contributed by atoms with Crippen molar-refractivity contribution in [2.24, 2.45) is 0 Å². The maximum Gasteiger partial charge on any atom is 0.257 e. The van der Waals surface area contributed by atoms with E-state index in [-0.39, 0.29) is 32.9 Å². The third kappa shape index (κ3) is 4.07. The molecule has 7 nitrogen and oxygen atoms in total. The van der Waals surface area contributed by atoms with Crippen molar-refractivity contribution in [3.63, 3.8) is 0 Å². The lowest BCUT2D eigenvalue weighted by molar-refractivity contribution is 0.102. The van der Waals surface area contributed by atoms with Crippen LogP contribution < -0.4 is 14.8 Å². The molecule has 29 heavy (non-hydrogen) atoms. The fourth-order valence-electron chi connectivity index (χ4n) is 2.66. The molecule has 0 bridgehead atoms. The van der Waals surface area contributed by atoms with Crippen LogP contribution >= 0.6 is 11.3 Å². The molecule has 1 aliphatic rings. The van der Waals surface area contributed by atoms with E-state index in [2.05, 4.69) is 15.0 Å². The van der Waals surface area contributed by atoms with Gasteiger partial charge in [0.25, 0.3) is 5.91 Å². The molecule has 1 fully saturated rings. The number of methoxy groups -OCH3 is 1. The van der Waals surface area contributed by atoms with Crippen molar-refractivity contribution in [2.75, 3.05) is 12.4 Å². The highest BCUT2D eigenvalue weighted by Gasteiger charge is 2.30. The molecule has 0 spiro atoms. The van der Waals surface area contributed by atoms with Crippen molar-refractivity contribution < 1.29 is 26.7 Å². The van der Waals surface area contributed by atoms with E-state index in [1.807, 2.05) is 0 Å². The summed E-state index contributed by atoms with van der Waals surface area (Å²) in [6.45, 7) is 0. The summed E-state index contributed by atoms with van der Waals surface area (Å²) in [5.41, 5.74) is 0.273. The fraction of sp³-hybridized carbons (Fsp3) is 0.222. The first-order valence-electron chi connectivity index (χ1n) is 8.54. The highest BCUT2D eigenvalue weighted by Crippen LogP contribution is 2.30. The van der Waals surface area contributed by atoms with E-state index < -0.39 is 27.6 Å². The first kappa shape index (κ1) is 19.7. The van der Waals surface area contributed by atoms with Gasteiger partial charge >= 0.3 is 0 Å². The van der Waals surface area contributed by atoms with Gasteiger partial charge in [-0.15, -0.1) is 0 Å². The Labute approximate surface area is 168 Å². The normalized spacial score (nSPS) is 14.2. The monoisotopic (exact) mass is 439 g/mol. The Morgan fingerprint density at radius 1 is 1.21 bits per heavy atom. The number of sulfonamides is 1. The van der Waals surface area contributed by atoms with Gasteiger partial charge in [0, 0.05) is 17.7 Å². The Kier molecular flexibility index (Phi) is 4.97. The van der Waals surface area contributed by atoms with Gasteiger partial charge in [0.05, 0.1) is 17.3 Å². The number of carbonyl (C=O) groups is 1. The summed E-state index contributed by atoms with van der Waals surface area (Å²) >= 11 is 0.972. The Morgan fingerprint density at radius 2 is 1.93 bits per heavy atom. The van der Waals surface area contributed by atoms with Gasteiger partial charge in [-0.3, -0.25) is 10.1 Å². The standard InChI is InChI=1S/C18H15F2N3O4S2/c1-27-14-5-2-9(6-16(14)29(25,26)23-10-3-4-10)17(24)22-18-21-13-7-11(19)12(20)8-15(13)28-18/h2,5-8,10,23H,3-4H2,1H3,(H,21,22,24). The number of hydrogen-bond donors (Lipinski definition) is 2. The highest BCUT2D eigenvalue weighted by atomic mass is 32.2. The van der Waals surface area contributed by atoms with Crippen LogP contribution in [-0.4, -0.2) is 32.5 Å². The van der Waals surface area contributed by atoms with Crippen LogP contribution in [0.4, 0.5) is 13.9 Å². The molecule has 152 valence electrons. The van der Waals surface area contributed by atoms with Crippen molar-refractivity contribution in [2.45, 2.75) is 23.8 Å². The quantitative estimate of drug-likeness (QED) is 0.614. The number of fused-ring (bicyclic) bond motifs is 1. The number of halogens is 2. The summed E-state index contributed by atoms with van der Waals surface area (Å²) in [5, 5.41) is 2.65. The minimum Gasteiger partial charge on any atom is -0.495 e. The number of aromatic nitrogens is 1. The minimum atomic E-state index is -3.85. The third-order valence-corrected chi connectivity index (χ3v) is 6.74. The number of benzene rings is 2. The molecule has 0 unspecified atom stereocenters. The molecule has 2 N–H and O–H groups in total. The van der Waals surface area contributed by atoms with Crippen LogP contribution in [0.25, 0.3) is 10.2 Å². The van der Waals surface area contributed by atoms with E-state index in [0.717, 1.165) is 36.3 Å². The van der Waals surface area contributed by atoms with Gasteiger partial charge in [0.1, 0.15) is 10.6 Å². The van der Waals surface area contributed by atoms with Gasteiger partial charge in [-0.05, 0) is 37.1 Å². The summed E-state index contributed by atoms with van der Waals surface area (Å²) in [6.07, 6.45) is 1.53. The molecule has 1 saturated carbocycles. The molecule has 0 saturated heterocycles. The molecule has 11 heteroatoms.